The molecule has 0 atom stereocenters. The molecule has 4 heteroatoms. The highest BCUT2D eigenvalue weighted by Crippen LogP contribution is 2.13. The summed E-state index contributed by atoms with van der Waals surface area (Å²) in [5.41, 5.74) is 2.64. The number of aryl methyl sites for hydroxylation is 1. The summed E-state index contributed by atoms with van der Waals surface area (Å²) in [6.07, 6.45) is 3.76. The number of carbonyl (C=O) groups is 1. The molecule has 2 rings (SSSR count). The van der Waals surface area contributed by atoms with E-state index in [1.807, 2.05) is 37.3 Å². The Bertz CT molecular complexity index is 576. The van der Waals surface area contributed by atoms with Crippen molar-refractivity contribution in [3.05, 3.63) is 53.7 Å². The van der Waals surface area contributed by atoms with E-state index in [1.165, 1.54) is 5.56 Å². The lowest BCUT2D eigenvalue weighted by Gasteiger charge is -2.07. The van der Waals surface area contributed by atoms with E-state index < -0.39 is 0 Å². The van der Waals surface area contributed by atoms with Crippen molar-refractivity contribution in [2.24, 2.45) is 0 Å². The minimum absolute atomic E-state index is 0.145. The van der Waals surface area contributed by atoms with Crippen LogP contribution in [0.2, 0.25) is 0 Å². The molecule has 1 heterocycles. The molecule has 1 amide bonds. The SMILES string of the molecule is CCCc1ccc(NC(=O)c2ccc(NCC)nc2)cc1. The molecule has 0 aliphatic rings. The summed E-state index contributed by atoms with van der Waals surface area (Å²) in [5, 5.41) is 5.98. The van der Waals surface area contributed by atoms with Crippen LogP contribution in [0.1, 0.15) is 36.2 Å². The predicted molar refractivity (Wildman–Crippen MR) is 86.8 cm³/mol. The first-order valence-electron chi connectivity index (χ1n) is 7.33. The number of nitrogens with zero attached hydrogens (tertiary/aromatic N) is 1. The number of hydrogen-bond donors (Lipinski definition) is 2. The average Bonchev–Trinajstić information content (AvgIpc) is 2.50. The first-order valence-corrected chi connectivity index (χ1v) is 7.33. The number of pyridine rings is 1. The zero-order valence-corrected chi connectivity index (χ0v) is 12.5. The molecule has 2 N–H and O–H groups in total. The fourth-order valence-electron chi connectivity index (χ4n) is 2.06. The second kappa shape index (κ2) is 7.43. The van der Waals surface area contributed by atoms with E-state index in [0.29, 0.717) is 5.56 Å². The van der Waals surface area contributed by atoms with Crippen LogP contribution in [0.4, 0.5) is 11.5 Å². The number of rotatable bonds is 6. The van der Waals surface area contributed by atoms with Gasteiger partial charge in [0.15, 0.2) is 0 Å². The summed E-state index contributed by atoms with van der Waals surface area (Å²) >= 11 is 0. The molecule has 0 aliphatic heterocycles. The Morgan fingerprint density at radius 2 is 1.86 bits per heavy atom. The predicted octanol–water partition coefficient (Wildman–Crippen LogP) is 3.72. The molecule has 0 aliphatic carbocycles. The van der Waals surface area contributed by atoms with E-state index in [0.717, 1.165) is 30.9 Å². The van der Waals surface area contributed by atoms with Crippen molar-refractivity contribution >= 4 is 17.4 Å². The number of anilines is 2. The lowest BCUT2D eigenvalue weighted by Crippen LogP contribution is -2.12. The molecule has 0 radical (unpaired) electrons. The second-order valence-corrected chi connectivity index (χ2v) is 4.86. The van der Waals surface area contributed by atoms with E-state index in [-0.39, 0.29) is 5.91 Å². The lowest BCUT2D eigenvalue weighted by molar-refractivity contribution is 0.102. The van der Waals surface area contributed by atoms with Crippen LogP contribution in [0, 0.1) is 0 Å². The van der Waals surface area contributed by atoms with Gasteiger partial charge in [-0.2, -0.15) is 0 Å². The summed E-state index contributed by atoms with van der Waals surface area (Å²) < 4.78 is 0. The van der Waals surface area contributed by atoms with Crippen molar-refractivity contribution in [3.8, 4) is 0 Å². The van der Waals surface area contributed by atoms with Gasteiger partial charge in [0.2, 0.25) is 0 Å². The molecule has 0 saturated heterocycles. The summed E-state index contributed by atoms with van der Waals surface area (Å²) in [6.45, 7) is 4.97. The second-order valence-electron chi connectivity index (χ2n) is 4.86. The summed E-state index contributed by atoms with van der Waals surface area (Å²) in [7, 11) is 0. The van der Waals surface area contributed by atoms with Crippen molar-refractivity contribution in [2.45, 2.75) is 26.7 Å². The molecule has 1 aromatic heterocycles. The molecule has 1 aromatic carbocycles. The molecule has 21 heavy (non-hydrogen) atoms. The minimum Gasteiger partial charge on any atom is -0.370 e. The highest BCUT2D eigenvalue weighted by atomic mass is 16.1. The van der Waals surface area contributed by atoms with Crippen LogP contribution in [-0.2, 0) is 6.42 Å². The van der Waals surface area contributed by atoms with Crippen molar-refractivity contribution in [1.82, 2.24) is 4.98 Å². The van der Waals surface area contributed by atoms with Gasteiger partial charge in [0.05, 0.1) is 5.56 Å². The van der Waals surface area contributed by atoms with E-state index in [4.69, 9.17) is 0 Å². The lowest BCUT2D eigenvalue weighted by atomic mass is 10.1. The average molecular weight is 283 g/mol. The van der Waals surface area contributed by atoms with Crippen LogP contribution in [0.25, 0.3) is 0 Å². The molecular formula is C17H21N3O. The van der Waals surface area contributed by atoms with Crippen molar-refractivity contribution in [2.75, 3.05) is 17.2 Å². The number of nitrogens with one attached hydrogen (secondary N) is 2. The van der Waals surface area contributed by atoms with Crippen LogP contribution in [0.5, 0.6) is 0 Å². The normalized spacial score (nSPS) is 10.2. The Labute approximate surface area is 125 Å². The third kappa shape index (κ3) is 4.31. The van der Waals surface area contributed by atoms with Gasteiger partial charge in [-0.3, -0.25) is 4.79 Å². The maximum atomic E-state index is 12.1. The van der Waals surface area contributed by atoms with Gasteiger partial charge < -0.3 is 10.6 Å². The van der Waals surface area contributed by atoms with Crippen molar-refractivity contribution in [1.29, 1.82) is 0 Å². The van der Waals surface area contributed by atoms with Gasteiger partial charge in [-0.1, -0.05) is 25.5 Å². The topological polar surface area (TPSA) is 54.0 Å². The van der Waals surface area contributed by atoms with Gasteiger partial charge in [-0.05, 0) is 43.2 Å². The van der Waals surface area contributed by atoms with E-state index >= 15 is 0 Å². The van der Waals surface area contributed by atoms with Crippen LogP contribution in [-0.4, -0.2) is 17.4 Å². The van der Waals surface area contributed by atoms with Crippen molar-refractivity contribution in [3.63, 3.8) is 0 Å². The zero-order chi connectivity index (χ0) is 15.1. The highest BCUT2D eigenvalue weighted by molar-refractivity contribution is 6.04. The van der Waals surface area contributed by atoms with Gasteiger partial charge >= 0.3 is 0 Å². The Morgan fingerprint density at radius 1 is 1.10 bits per heavy atom. The molecular weight excluding hydrogens is 262 g/mol. The van der Waals surface area contributed by atoms with Gasteiger partial charge in [0.1, 0.15) is 5.82 Å². The van der Waals surface area contributed by atoms with Crippen LogP contribution in [0.3, 0.4) is 0 Å². The summed E-state index contributed by atoms with van der Waals surface area (Å²) in [5.74, 6) is 0.631. The molecule has 0 spiro atoms. The molecule has 0 bridgehead atoms. The van der Waals surface area contributed by atoms with Crippen LogP contribution < -0.4 is 10.6 Å². The Morgan fingerprint density at radius 3 is 2.43 bits per heavy atom. The van der Waals surface area contributed by atoms with E-state index in [9.17, 15) is 4.79 Å². The van der Waals surface area contributed by atoms with E-state index in [1.54, 1.807) is 12.3 Å². The molecule has 0 unspecified atom stereocenters. The third-order valence-electron chi connectivity index (χ3n) is 3.13. The standard InChI is InChI=1S/C17H21N3O/c1-3-5-13-6-9-15(10-7-13)20-17(21)14-8-11-16(18-4-2)19-12-14/h6-12H,3-5H2,1-2H3,(H,18,19)(H,20,21). The van der Waals surface area contributed by atoms with Crippen LogP contribution >= 0.6 is 0 Å². The third-order valence-corrected chi connectivity index (χ3v) is 3.13. The fourth-order valence-corrected chi connectivity index (χ4v) is 2.06. The molecule has 0 saturated carbocycles. The van der Waals surface area contributed by atoms with Gasteiger partial charge in [0, 0.05) is 18.4 Å². The smallest absolute Gasteiger partial charge is 0.257 e. The maximum Gasteiger partial charge on any atom is 0.257 e. The number of aromatic nitrogens is 1. The number of carbonyl (C=O) groups excluding carboxylic acids is 1. The van der Waals surface area contributed by atoms with Crippen LogP contribution in [0.15, 0.2) is 42.6 Å². The first kappa shape index (κ1) is 15.0. The largest absolute Gasteiger partial charge is 0.370 e. The number of amides is 1. The van der Waals surface area contributed by atoms with Gasteiger partial charge in [0.25, 0.3) is 5.91 Å². The highest BCUT2D eigenvalue weighted by Gasteiger charge is 2.06. The maximum absolute atomic E-state index is 12.1. The molecule has 2 aromatic rings. The minimum atomic E-state index is -0.145. The molecule has 0 fully saturated rings. The Hall–Kier alpha value is -2.36. The first-order chi connectivity index (χ1) is 10.2. The summed E-state index contributed by atoms with van der Waals surface area (Å²) in [4.78, 5) is 16.3. The van der Waals surface area contributed by atoms with Crippen molar-refractivity contribution < 1.29 is 4.79 Å². The zero-order valence-electron chi connectivity index (χ0n) is 12.5. The number of benzene rings is 1. The monoisotopic (exact) mass is 283 g/mol. The van der Waals surface area contributed by atoms with Gasteiger partial charge in [-0.15, -0.1) is 0 Å². The van der Waals surface area contributed by atoms with E-state index in [2.05, 4.69) is 22.5 Å². The molecule has 110 valence electrons. The Kier molecular flexibility index (Phi) is 5.32. The van der Waals surface area contributed by atoms with Gasteiger partial charge in [-0.25, -0.2) is 4.98 Å². The fraction of sp³-hybridized carbons (Fsp3) is 0.294. The quantitative estimate of drug-likeness (QED) is 0.849. The molecule has 4 nitrogen and oxygen atoms in total. The summed E-state index contributed by atoms with van der Waals surface area (Å²) in [6, 6.07) is 11.5. The number of hydrogen-bond acceptors (Lipinski definition) is 3. The Balaban J connectivity index is 2.00.